The predicted octanol–water partition coefficient (Wildman–Crippen LogP) is 3.08. The molecule has 1 N–H and O–H groups in total. The Kier molecular flexibility index (Phi) is 5.78. The molecule has 7 heteroatoms. The van der Waals surface area contributed by atoms with Crippen LogP contribution in [0.15, 0.2) is 41.8 Å². The van der Waals surface area contributed by atoms with Gasteiger partial charge in [0.1, 0.15) is 10.7 Å². The summed E-state index contributed by atoms with van der Waals surface area (Å²) in [6, 6.07) is 9.08. The van der Waals surface area contributed by atoms with Crippen molar-refractivity contribution in [1.29, 1.82) is 0 Å². The molecule has 0 radical (unpaired) electrons. The van der Waals surface area contributed by atoms with E-state index >= 15 is 0 Å². The molecule has 1 aliphatic heterocycles. The van der Waals surface area contributed by atoms with Gasteiger partial charge >= 0.3 is 5.97 Å². The monoisotopic (exact) mass is 363 g/mol. The molecule has 3 rings (SSSR count). The van der Waals surface area contributed by atoms with E-state index in [-0.39, 0.29) is 11.7 Å². The van der Waals surface area contributed by atoms with Crippen LogP contribution in [0.3, 0.4) is 0 Å². The van der Waals surface area contributed by atoms with Crippen LogP contribution < -0.4 is 5.32 Å². The Labute approximate surface area is 148 Å². The number of hydrogen-bond donors (Lipinski definition) is 1. The molecule has 0 spiro atoms. The topological polar surface area (TPSA) is 64.6 Å². The van der Waals surface area contributed by atoms with Crippen molar-refractivity contribution in [2.75, 3.05) is 13.2 Å². The van der Waals surface area contributed by atoms with Gasteiger partial charge in [0.25, 0.3) is 5.91 Å². The van der Waals surface area contributed by atoms with E-state index in [9.17, 15) is 14.0 Å². The van der Waals surface area contributed by atoms with Crippen molar-refractivity contribution in [3.05, 3.63) is 58.0 Å². The van der Waals surface area contributed by atoms with E-state index in [0.29, 0.717) is 18.0 Å². The third kappa shape index (κ3) is 4.43. The summed E-state index contributed by atoms with van der Waals surface area (Å²) in [4.78, 5) is 25.1. The lowest BCUT2D eigenvalue weighted by molar-refractivity contribution is -0.131. The number of halogens is 1. The number of nitrogens with one attached hydrogen (secondary N) is 1. The second-order valence-electron chi connectivity index (χ2n) is 5.66. The van der Waals surface area contributed by atoms with Gasteiger partial charge in [-0.2, -0.15) is 0 Å². The molecule has 1 saturated heterocycles. The first-order valence-electron chi connectivity index (χ1n) is 8.03. The highest BCUT2D eigenvalue weighted by molar-refractivity contribution is 7.11. The van der Waals surface area contributed by atoms with Crippen molar-refractivity contribution >= 4 is 23.2 Å². The summed E-state index contributed by atoms with van der Waals surface area (Å²) in [5, 5.41) is 4.43. The largest absolute Gasteiger partial charge is 0.443 e. The van der Waals surface area contributed by atoms with Crippen LogP contribution >= 0.6 is 11.3 Å². The van der Waals surface area contributed by atoms with Crippen LogP contribution in [0.25, 0.3) is 0 Å². The molecule has 2 heterocycles. The van der Waals surface area contributed by atoms with Gasteiger partial charge in [-0.25, -0.2) is 9.18 Å². The molecule has 0 bridgehead atoms. The van der Waals surface area contributed by atoms with Gasteiger partial charge in [0.2, 0.25) is 6.10 Å². The van der Waals surface area contributed by atoms with Crippen LogP contribution in [0.4, 0.5) is 4.39 Å². The zero-order chi connectivity index (χ0) is 17.6. The van der Waals surface area contributed by atoms with Crippen molar-refractivity contribution in [2.24, 2.45) is 0 Å². The van der Waals surface area contributed by atoms with Crippen LogP contribution in [0.2, 0.25) is 0 Å². The first-order valence-corrected chi connectivity index (χ1v) is 8.91. The summed E-state index contributed by atoms with van der Waals surface area (Å²) in [5.74, 6) is -1.82. The van der Waals surface area contributed by atoms with E-state index in [1.807, 2.05) is 0 Å². The molecule has 0 saturated carbocycles. The summed E-state index contributed by atoms with van der Waals surface area (Å²) in [6.45, 7) is 0.977. The zero-order valence-corrected chi connectivity index (χ0v) is 14.3. The van der Waals surface area contributed by atoms with E-state index in [2.05, 4.69) is 5.32 Å². The quantitative estimate of drug-likeness (QED) is 0.801. The molecule has 1 fully saturated rings. The molecule has 25 heavy (non-hydrogen) atoms. The highest BCUT2D eigenvalue weighted by atomic mass is 32.1. The third-order valence-electron chi connectivity index (χ3n) is 3.90. The molecule has 5 nitrogen and oxygen atoms in total. The minimum atomic E-state index is -1.35. The van der Waals surface area contributed by atoms with Crippen molar-refractivity contribution in [3.8, 4) is 0 Å². The molecule has 1 aliphatic rings. The number of thiophene rings is 1. The first-order chi connectivity index (χ1) is 12.1. The Morgan fingerprint density at radius 3 is 2.84 bits per heavy atom. The fourth-order valence-corrected chi connectivity index (χ4v) is 3.22. The number of esters is 1. The van der Waals surface area contributed by atoms with Gasteiger partial charge in [0, 0.05) is 18.7 Å². The number of hydrogen-bond acceptors (Lipinski definition) is 5. The minimum Gasteiger partial charge on any atom is -0.443 e. The highest BCUT2D eigenvalue weighted by Crippen LogP contribution is 2.24. The summed E-state index contributed by atoms with van der Waals surface area (Å²) >= 11 is 1.20. The first kappa shape index (κ1) is 17.6. The van der Waals surface area contributed by atoms with Crippen LogP contribution in [0.1, 0.15) is 34.2 Å². The normalized spacial score (nSPS) is 17.9. The van der Waals surface area contributed by atoms with Gasteiger partial charge in [-0.15, -0.1) is 11.3 Å². The lowest BCUT2D eigenvalue weighted by Gasteiger charge is -2.19. The fourth-order valence-electron chi connectivity index (χ4n) is 2.62. The lowest BCUT2D eigenvalue weighted by atomic mass is 10.1. The summed E-state index contributed by atoms with van der Waals surface area (Å²) in [7, 11) is 0. The van der Waals surface area contributed by atoms with Crippen molar-refractivity contribution < 1.29 is 23.5 Å². The second kappa shape index (κ2) is 8.22. The van der Waals surface area contributed by atoms with Gasteiger partial charge < -0.3 is 14.8 Å². The van der Waals surface area contributed by atoms with Crippen molar-refractivity contribution in [2.45, 2.75) is 25.0 Å². The average molecular weight is 363 g/mol. The number of ether oxygens (including phenoxy) is 2. The van der Waals surface area contributed by atoms with E-state index < -0.39 is 23.8 Å². The molecular weight excluding hydrogens is 345 g/mol. The molecular formula is C18H18FNO4S. The van der Waals surface area contributed by atoms with Gasteiger partial charge in [0.15, 0.2) is 0 Å². The Morgan fingerprint density at radius 2 is 2.16 bits per heavy atom. The summed E-state index contributed by atoms with van der Waals surface area (Å²) in [6.07, 6.45) is 0.403. The molecule has 0 aliphatic carbocycles. The Balaban J connectivity index is 1.74. The average Bonchev–Trinajstić information content (AvgIpc) is 3.31. The van der Waals surface area contributed by atoms with Gasteiger partial charge in [-0.1, -0.05) is 24.3 Å². The van der Waals surface area contributed by atoms with E-state index in [0.717, 1.165) is 12.8 Å². The van der Waals surface area contributed by atoms with Crippen molar-refractivity contribution in [3.63, 3.8) is 0 Å². The van der Waals surface area contributed by atoms with Gasteiger partial charge in [-0.3, -0.25) is 4.79 Å². The third-order valence-corrected chi connectivity index (χ3v) is 4.75. The van der Waals surface area contributed by atoms with Crippen LogP contribution in [0.5, 0.6) is 0 Å². The van der Waals surface area contributed by atoms with Crippen LogP contribution in [0, 0.1) is 5.82 Å². The summed E-state index contributed by atoms with van der Waals surface area (Å²) in [5.41, 5.74) is 0.0252. The number of amides is 1. The second-order valence-corrected chi connectivity index (χ2v) is 6.61. The minimum absolute atomic E-state index is 0.0252. The molecule has 1 aromatic heterocycles. The fraction of sp³-hybridized carbons (Fsp3) is 0.333. The highest BCUT2D eigenvalue weighted by Gasteiger charge is 2.29. The van der Waals surface area contributed by atoms with E-state index in [4.69, 9.17) is 9.47 Å². The maximum atomic E-state index is 14.1. The Bertz CT molecular complexity index is 728. The standard InChI is InChI=1S/C18H18FNO4S/c19-14-7-2-1-6-13(14)16(24-18(22)15-8-4-10-25-15)17(21)20-11-12-5-3-9-23-12/h1-2,4,6-8,10,12,16H,3,5,9,11H2,(H,20,21)/t12-,16-/m0/s1. The molecule has 132 valence electrons. The molecule has 2 aromatic rings. The van der Waals surface area contributed by atoms with Gasteiger partial charge in [0.05, 0.1) is 6.10 Å². The smallest absolute Gasteiger partial charge is 0.349 e. The molecule has 1 amide bonds. The maximum Gasteiger partial charge on any atom is 0.349 e. The van der Waals surface area contributed by atoms with E-state index in [1.54, 1.807) is 23.6 Å². The van der Waals surface area contributed by atoms with Gasteiger partial charge in [-0.05, 0) is 30.4 Å². The molecule has 1 aromatic carbocycles. The maximum absolute atomic E-state index is 14.1. The number of rotatable bonds is 6. The van der Waals surface area contributed by atoms with Crippen LogP contribution in [-0.4, -0.2) is 31.1 Å². The Hall–Kier alpha value is -2.25. The van der Waals surface area contributed by atoms with Crippen LogP contribution in [-0.2, 0) is 14.3 Å². The number of benzene rings is 1. The number of carbonyl (C=O) groups is 2. The molecule has 2 atom stereocenters. The molecule has 0 unspecified atom stereocenters. The van der Waals surface area contributed by atoms with E-state index in [1.165, 1.54) is 29.5 Å². The Morgan fingerprint density at radius 1 is 1.32 bits per heavy atom. The summed E-state index contributed by atoms with van der Waals surface area (Å²) < 4.78 is 24.9. The zero-order valence-electron chi connectivity index (χ0n) is 13.4. The van der Waals surface area contributed by atoms with Crippen molar-refractivity contribution in [1.82, 2.24) is 5.32 Å². The number of carbonyl (C=O) groups excluding carboxylic acids is 2. The lowest BCUT2D eigenvalue weighted by Crippen LogP contribution is -2.37. The SMILES string of the molecule is O=C(O[C@H](C(=O)NC[C@@H]1CCCO1)c1ccccc1F)c1cccs1. The predicted molar refractivity (Wildman–Crippen MR) is 90.9 cm³/mol.